The Balaban J connectivity index is 2.41. The van der Waals surface area contributed by atoms with Gasteiger partial charge in [0.05, 0.1) is 6.42 Å². The summed E-state index contributed by atoms with van der Waals surface area (Å²) in [5.41, 5.74) is 0.204. The van der Waals surface area contributed by atoms with Crippen LogP contribution in [0.2, 0.25) is 5.02 Å². The highest BCUT2D eigenvalue weighted by molar-refractivity contribution is 6.31. The van der Waals surface area contributed by atoms with Crippen molar-refractivity contribution in [3.05, 3.63) is 22.7 Å². The van der Waals surface area contributed by atoms with Gasteiger partial charge in [0.2, 0.25) is 6.79 Å². The quantitative estimate of drug-likeness (QED) is 0.904. The first-order chi connectivity index (χ1) is 7.90. The van der Waals surface area contributed by atoms with Gasteiger partial charge in [-0.15, -0.1) is 0 Å². The van der Waals surface area contributed by atoms with E-state index in [4.69, 9.17) is 26.2 Å². The van der Waals surface area contributed by atoms with E-state index in [1.807, 2.05) is 13.8 Å². The second-order valence-corrected chi connectivity index (χ2v) is 5.05. The van der Waals surface area contributed by atoms with Crippen LogP contribution < -0.4 is 9.47 Å². The molecule has 1 N–H and O–H groups in total. The molecule has 5 heteroatoms. The molecule has 92 valence electrons. The molecule has 0 saturated heterocycles. The van der Waals surface area contributed by atoms with Gasteiger partial charge in [0.25, 0.3) is 0 Å². The van der Waals surface area contributed by atoms with Gasteiger partial charge in [-0.1, -0.05) is 25.4 Å². The van der Waals surface area contributed by atoms with Crippen molar-refractivity contribution in [3.63, 3.8) is 0 Å². The van der Waals surface area contributed by atoms with Crippen LogP contribution in [0.5, 0.6) is 11.5 Å². The average molecular weight is 257 g/mol. The van der Waals surface area contributed by atoms with Crippen LogP contribution in [0.4, 0.5) is 0 Å². The molecular formula is C12H13ClO4. The minimum Gasteiger partial charge on any atom is -0.481 e. The Bertz CT molecular complexity index is 468. The van der Waals surface area contributed by atoms with Crippen molar-refractivity contribution in [2.24, 2.45) is 0 Å². The Hall–Kier alpha value is -1.42. The lowest BCUT2D eigenvalue weighted by atomic mass is 9.81. The van der Waals surface area contributed by atoms with Gasteiger partial charge in [-0.2, -0.15) is 0 Å². The Morgan fingerprint density at radius 1 is 1.41 bits per heavy atom. The van der Waals surface area contributed by atoms with E-state index >= 15 is 0 Å². The van der Waals surface area contributed by atoms with Gasteiger partial charge in [-0.05, 0) is 11.6 Å². The summed E-state index contributed by atoms with van der Waals surface area (Å²) in [5.74, 6) is 0.358. The lowest BCUT2D eigenvalue weighted by Crippen LogP contribution is -2.22. The molecule has 0 amide bonds. The minimum atomic E-state index is -0.858. The van der Waals surface area contributed by atoms with Crippen LogP contribution in [0.3, 0.4) is 0 Å². The van der Waals surface area contributed by atoms with Gasteiger partial charge >= 0.3 is 5.97 Å². The van der Waals surface area contributed by atoms with Gasteiger partial charge in [0.15, 0.2) is 11.5 Å². The maximum absolute atomic E-state index is 10.8. The number of carbonyl (C=O) groups is 1. The number of hydrogen-bond donors (Lipinski definition) is 1. The zero-order valence-corrected chi connectivity index (χ0v) is 10.4. The SMILES string of the molecule is CC(C)(CC(=O)O)c1cc2c(cc1Cl)OCO2. The number of ether oxygens (including phenoxy) is 2. The summed E-state index contributed by atoms with van der Waals surface area (Å²) in [4.78, 5) is 10.8. The number of halogens is 1. The van der Waals surface area contributed by atoms with E-state index in [-0.39, 0.29) is 13.2 Å². The van der Waals surface area contributed by atoms with Gasteiger partial charge in [-0.3, -0.25) is 4.79 Å². The third-order valence-electron chi connectivity index (χ3n) is 2.78. The number of aliphatic carboxylic acids is 1. The second-order valence-electron chi connectivity index (χ2n) is 4.64. The summed E-state index contributed by atoms with van der Waals surface area (Å²) in [6, 6.07) is 3.43. The van der Waals surface area contributed by atoms with Crippen LogP contribution in [-0.4, -0.2) is 17.9 Å². The van der Waals surface area contributed by atoms with Crippen molar-refractivity contribution in [2.75, 3.05) is 6.79 Å². The topological polar surface area (TPSA) is 55.8 Å². The third kappa shape index (κ3) is 2.31. The molecular weight excluding hydrogens is 244 g/mol. The maximum atomic E-state index is 10.8. The van der Waals surface area contributed by atoms with Crippen molar-refractivity contribution in [2.45, 2.75) is 25.7 Å². The second kappa shape index (κ2) is 4.11. The minimum absolute atomic E-state index is 0.00631. The first kappa shape index (κ1) is 12.0. The van der Waals surface area contributed by atoms with Crippen LogP contribution in [0.1, 0.15) is 25.8 Å². The average Bonchev–Trinajstić information content (AvgIpc) is 2.60. The van der Waals surface area contributed by atoms with Crippen molar-refractivity contribution >= 4 is 17.6 Å². The lowest BCUT2D eigenvalue weighted by molar-refractivity contribution is -0.138. The van der Waals surface area contributed by atoms with Gasteiger partial charge < -0.3 is 14.6 Å². The number of fused-ring (bicyclic) bond motifs is 1. The van der Waals surface area contributed by atoms with E-state index in [1.54, 1.807) is 12.1 Å². The summed E-state index contributed by atoms with van der Waals surface area (Å²) >= 11 is 6.15. The van der Waals surface area contributed by atoms with E-state index in [2.05, 4.69) is 0 Å². The van der Waals surface area contributed by atoms with Crippen LogP contribution in [0.25, 0.3) is 0 Å². The highest BCUT2D eigenvalue weighted by Crippen LogP contribution is 2.42. The molecule has 0 saturated carbocycles. The highest BCUT2D eigenvalue weighted by Gasteiger charge is 2.29. The van der Waals surface area contributed by atoms with Crippen molar-refractivity contribution in [3.8, 4) is 11.5 Å². The van der Waals surface area contributed by atoms with Crippen molar-refractivity contribution < 1.29 is 19.4 Å². The molecule has 0 unspecified atom stereocenters. The predicted octanol–water partition coefficient (Wildman–Crippen LogP) is 2.82. The molecule has 0 fully saturated rings. The summed E-state index contributed by atoms with van der Waals surface area (Å²) in [6.45, 7) is 3.85. The van der Waals surface area contributed by atoms with E-state index in [0.29, 0.717) is 16.5 Å². The summed E-state index contributed by atoms with van der Waals surface area (Å²) in [7, 11) is 0. The molecule has 0 aromatic heterocycles. The number of benzene rings is 1. The molecule has 17 heavy (non-hydrogen) atoms. The number of carboxylic acids is 1. The molecule has 0 bridgehead atoms. The summed E-state index contributed by atoms with van der Waals surface area (Å²) in [5, 5.41) is 9.40. The van der Waals surface area contributed by atoms with Gasteiger partial charge in [-0.25, -0.2) is 0 Å². The van der Waals surface area contributed by atoms with Crippen molar-refractivity contribution in [1.29, 1.82) is 0 Å². The highest BCUT2D eigenvalue weighted by atomic mass is 35.5. The largest absolute Gasteiger partial charge is 0.481 e. The molecule has 2 rings (SSSR count). The molecule has 1 aromatic rings. The normalized spacial score (nSPS) is 13.8. The molecule has 0 spiro atoms. The van der Waals surface area contributed by atoms with Crippen molar-refractivity contribution in [1.82, 2.24) is 0 Å². The zero-order valence-electron chi connectivity index (χ0n) is 9.62. The monoisotopic (exact) mass is 256 g/mol. The Morgan fingerprint density at radius 3 is 2.59 bits per heavy atom. The fourth-order valence-electron chi connectivity index (χ4n) is 1.91. The number of carboxylic acid groups (broad SMARTS) is 1. The standard InChI is InChI=1S/C12H13ClO4/c1-12(2,5-11(14)15)7-3-9-10(4-8(7)13)17-6-16-9/h3-4H,5-6H2,1-2H3,(H,14,15). The molecule has 1 heterocycles. The number of rotatable bonds is 3. The Morgan fingerprint density at radius 2 is 2.00 bits per heavy atom. The molecule has 1 aromatic carbocycles. The first-order valence-electron chi connectivity index (χ1n) is 5.21. The molecule has 1 aliphatic heterocycles. The Kier molecular flexibility index (Phi) is 2.91. The summed E-state index contributed by atoms with van der Waals surface area (Å²) in [6.07, 6.45) is 0.00631. The fraction of sp³-hybridized carbons (Fsp3) is 0.417. The van der Waals surface area contributed by atoms with Gasteiger partial charge in [0.1, 0.15) is 0 Å². The molecule has 0 aliphatic carbocycles. The third-order valence-corrected chi connectivity index (χ3v) is 3.10. The van der Waals surface area contributed by atoms with Crippen LogP contribution in [0.15, 0.2) is 12.1 Å². The summed E-state index contributed by atoms with van der Waals surface area (Å²) < 4.78 is 10.5. The fourth-order valence-corrected chi connectivity index (χ4v) is 2.32. The van der Waals surface area contributed by atoms with Gasteiger partial charge in [0, 0.05) is 16.5 Å². The molecule has 0 radical (unpaired) electrons. The molecule has 1 aliphatic rings. The lowest BCUT2D eigenvalue weighted by Gasteiger charge is -2.24. The van der Waals surface area contributed by atoms with Crippen LogP contribution in [0, 0.1) is 0 Å². The maximum Gasteiger partial charge on any atom is 0.304 e. The Labute approximate surface area is 104 Å². The molecule has 0 atom stereocenters. The zero-order chi connectivity index (χ0) is 12.6. The number of hydrogen-bond acceptors (Lipinski definition) is 3. The van der Waals surface area contributed by atoms with E-state index < -0.39 is 11.4 Å². The smallest absolute Gasteiger partial charge is 0.304 e. The molecule has 4 nitrogen and oxygen atoms in total. The first-order valence-corrected chi connectivity index (χ1v) is 5.59. The van der Waals surface area contributed by atoms with E-state index in [1.165, 1.54) is 0 Å². The van der Waals surface area contributed by atoms with E-state index in [9.17, 15) is 4.79 Å². The van der Waals surface area contributed by atoms with E-state index in [0.717, 1.165) is 5.56 Å². The predicted molar refractivity (Wildman–Crippen MR) is 62.9 cm³/mol. The van der Waals surface area contributed by atoms with Crippen LogP contribution in [-0.2, 0) is 10.2 Å². The van der Waals surface area contributed by atoms with Crippen LogP contribution >= 0.6 is 11.6 Å².